The second-order valence-corrected chi connectivity index (χ2v) is 5.74. The number of carbonyl (C=O) groups is 1. The number of carboxylic acid groups (broad SMARTS) is 1. The molecule has 5 heteroatoms. The van der Waals surface area contributed by atoms with E-state index in [4.69, 9.17) is 14.6 Å². The number of hydrogen-bond acceptors (Lipinski definition) is 4. The lowest BCUT2D eigenvalue weighted by molar-refractivity contribution is -0.142. The van der Waals surface area contributed by atoms with Crippen LogP contribution in [-0.4, -0.2) is 48.9 Å². The predicted molar refractivity (Wildman–Crippen MR) is 108 cm³/mol. The van der Waals surface area contributed by atoms with E-state index < -0.39 is 5.97 Å². The SMILES string of the molecule is CC.O=C(O)COCCOCCN(Cc1ccccc1)Cc1ccccc1. The minimum atomic E-state index is -0.961. The molecule has 0 spiro atoms. The third-order valence-corrected chi connectivity index (χ3v) is 3.65. The molecular formula is C22H31NO4. The second kappa shape index (κ2) is 14.9. The van der Waals surface area contributed by atoms with E-state index in [0.717, 1.165) is 19.6 Å². The molecule has 2 aromatic rings. The van der Waals surface area contributed by atoms with Gasteiger partial charge in [0.1, 0.15) is 6.61 Å². The highest BCUT2D eigenvalue weighted by atomic mass is 16.5. The molecule has 0 atom stereocenters. The zero-order valence-electron chi connectivity index (χ0n) is 16.3. The predicted octanol–water partition coefficient (Wildman–Crippen LogP) is 3.83. The van der Waals surface area contributed by atoms with Crippen molar-refractivity contribution in [2.75, 3.05) is 33.0 Å². The molecule has 0 saturated heterocycles. The summed E-state index contributed by atoms with van der Waals surface area (Å²) in [5.41, 5.74) is 2.53. The number of ether oxygens (including phenoxy) is 2. The largest absolute Gasteiger partial charge is 0.480 e. The molecule has 0 saturated carbocycles. The van der Waals surface area contributed by atoms with Crippen LogP contribution in [0.2, 0.25) is 0 Å². The van der Waals surface area contributed by atoms with Crippen LogP contribution < -0.4 is 0 Å². The van der Waals surface area contributed by atoms with Crippen LogP contribution >= 0.6 is 0 Å². The molecule has 0 aromatic heterocycles. The summed E-state index contributed by atoms with van der Waals surface area (Å²) in [4.78, 5) is 12.7. The average molecular weight is 373 g/mol. The van der Waals surface area contributed by atoms with Crippen LogP contribution in [-0.2, 0) is 27.4 Å². The summed E-state index contributed by atoms with van der Waals surface area (Å²) in [6, 6.07) is 20.7. The first kappa shape index (κ1) is 22.8. The standard InChI is InChI=1S/C20H25NO4.C2H6/c22-20(23)17-25-14-13-24-12-11-21(15-18-7-3-1-4-8-18)16-19-9-5-2-6-10-19;1-2/h1-10H,11-17H2,(H,22,23);1-2H3. The zero-order valence-corrected chi connectivity index (χ0v) is 16.3. The Morgan fingerprint density at radius 1 is 0.815 bits per heavy atom. The van der Waals surface area contributed by atoms with Gasteiger partial charge in [0.25, 0.3) is 0 Å². The molecule has 0 heterocycles. The van der Waals surface area contributed by atoms with Crippen LogP contribution in [0.1, 0.15) is 25.0 Å². The highest BCUT2D eigenvalue weighted by Gasteiger charge is 2.07. The van der Waals surface area contributed by atoms with E-state index in [0.29, 0.717) is 19.8 Å². The summed E-state index contributed by atoms with van der Waals surface area (Å²) in [7, 11) is 0. The molecule has 1 N–H and O–H groups in total. The Labute approximate surface area is 162 Å². The van der Waals surface area contributed by atoms with Gasteiger partial charge in [0.2, 0.25) is 0 Å². The van der Waals surface area contributed by atoms with E-state index >= 15 is 0 Å². The van der Waals surface area contributed by atoms with Crippen molar-refractivity contribution in [3.63, 3.8) is 0 Å². The summed E-state index contributed by atoms with van der Waals surface area (Å²) in [6.45, 7) is 7.50. The van der Waals surface area contributed by atoms with Crippen LogP contribution in [0.4, 0.5) is 0 Å². The topological polar surface area (TPSA) is 59.0 Å². The fourth-order valence-electron chi connectivity index (χ4n) is 2.47. The molecule has 0 aliphatic heterocycles. The van der Waals surface area contributed by atoms with Gasteiger partial charge >= 0.3 is 5.97 Å². The molecule has 2 rings (SSSR count). The molecule has 0 aliphatic rings. The minimum absolute atomic E-state index is 0.280. The van der Waals surface area contributed by atoms with Crippen molar-refractivity contribution in [2.24, 2.45) is 0 Å². The number of aliphatic carboxylic acids is 1. The number of rotatable bonds is 12. The fraction of sp³-hybridized carbons (Fsp3) is 0.409. The number of hydrogen-bond donors (Lipinski definition) is 1. The molecular weight excluding hydrogens is 342 g/mol. The molecule has 0 unspecified atom stereocenters. The van der Waals surface area contributed by atoms with Crippen molar-refractivity contribution in [2.45, 2.75) is 26.9 Å². The maximum Gasteiger partial charge on any atom is 0.329 e. The van der Waals surface area contributed by atoms with Gasteiger partial charge < -0.3 is 14.6 Å². The van der Waals surface area contributed by atoms with E-state index in [2.05, 4.69) is 29.2 Å². The molecule has 148 valence electrons. The summed E-state index contributed by atoms with van der Waals surface area (Å²) in [5.74, 6) is -0.961. The quantitative estimate of drug-likeness (QED) is 0.573. The van der Waals surface area contributed by atoms with Crippen LogP contribution in [0, 0.1) is 0 Å². The maximum atomic E-state index is 10.4. The molecule has 27 heavy (non-hydrogen) atoms. The lowest BCUT2D eigenvalue weighted by atomic mass is 10.1. The van der Waals surface area contributed by atoms with E-state index in [9.17, 15) is 4.79 Å². The Kier molecular flexibility index (Phi) is 12.6. The monoisotopic (exact) mass is 373 g/mol. The van der Waals surface area contributed by atoms with E-state index in [-0.39, 0.29) is 6.61 Å². The van der Waals surface area contributed by atoms with E-state index in [1.54, 1.807) is 0 Å². The van der Waals surface area contributed by atoms with Crippen LogP contribution in [0.15, 0.2) is 60.7 Å². The Balaban J connectivity index is 0.00000176. The molecule has 0 radical (unpaired) electrons. The zero-order chi connectivity index (χ0) is 19.7. The highest BCUT2D eigenvalue weighted by molar-refractivity contribution is 5.67. The van der Waals surface area contributed by atoms with Crippen molar-refractivity contribution in [3.8, 4) is 0 Å². The van der Waals surface area contributed by atoms with Crippen LogP contribution in [0.5, 0.6) is 0 Å². The van der Waals surface area contributed by atoms with Gasteiger partial charge in [-0.15, -0.1) is 0 Å². The molecule has 0 bridgehead atoms. The second-order valence-electron chi connectivity index (χ2n) is 5.74. The lowest BCUT2D eigenvalue weighted by Crippen LogP contribution is -2.27. The van der Waals surface area contributed by atoms with Gasteiger partial charge in [0, 0.05) is 19.6 Å². The van der Waals surface area contributed by atoms with Gasteiger partial charge in [-0.05, 0) is 11.1 Å². The van der Waals surface area contributed by atoms with Crippen molar-refractivity contribution in [3.05, 3.63) is 71.8 Å². The third kappa shape index (κ3) is 11.2. The molecule has 5 nitrogen and oxygen atoms in total. The molecule has 0 amide bonds. The average Bonchev–Trinajstić information content (AvgIpc) is 2.70. The van der Waals surface area contributed by atoms with E-state index in [1.807, 2.05) is 50.2 Å². The Bertz CT molecular complexity index is 563. The summed E-state index contributed by atoms with van der Waals surface area (Å²) in [5, 5.41) is 8.50. The van der Waals surface area contributed by atoms with Gasteiger partial charge in [0.15, 0.2) is 0 Å². The van der Waals surface area contributed by atoms with Gasteiger partial charge in [-0.1, -0.05) is 74.5 Å². The van der Waals surface area contributed by atoms with Crippen LogP contribution in [0.3, 0.4) is 0 Å². The number of nitrogens with zero attached hydrogens (tertiary/aromatic N) is 1. The van der Waals surface area contributed by atoms with Crippen LogP contribution in [0.25, 0.3) is 0 Å². The molecule has 0 aliphatic carbocycles. The molecule has 2 aromatic carbocycles. The van der Waals surface area contributed by atoms with Gasteiger partial charge in [-0.3, -0.25) is 4.90 Å². The van der Waals surface area contributed by atoms with Gasteiger partial charge in [0.05, 0.1) is 19.8 Å². The maximum absolute atomic E-state index is 10.4. The minimum Gasteiger partial charge on any atom is -0.480 e. The summed E-state index contributed by atoms with van der Waals surface area (Å²) < 4.78 is 10.5. The van der Waals surface area contributed by atoms with Crippen molar-refractivity contribution in [1.29, 1.82) is 0 Å². The normalized spacial score (nSPS) is 10.3. The first-order chi connectivity index (χ1) is 13.2. The Morgan fingerprint density at radius 3 is 1.78 bits per heavy atom. The number of carboxylic acids is 1. The fourth-order valence-corrected chi connectivity index (χ4v) is 2.47. The van der Waals surface area contributed by atoms with Gasteiger partial charge in [-0.2, -0.15) is 0 Å². The first-order valence-electron chi connectivity index (χ1n) is 9.41. The van der Waals surface area contributed by atoms with Crippen molar-refractivity contribution in [1.82, 2.24) is 4.90 Å². The summed E-state index contributed by atoms with van der Waals surface area (Å²) in [6.07, 6.45) is 0. The first-order valence-corrected chi connectivity index (χ1v) is 9.41. The van der Waals surface area contributed by atoms with Gasteiger partial charge in [-0.25, -0.2) is 4.79 Å². The number of benzene rings is 2. The summed E-state index contributed by atoms with van der Waals surface area (Å²) >= 11 is 0. The Hall–Kier alpha value is -2.21. The highest BCUT2D eigenvalue weighted by Crippen LogP contribution is 2.09. The third-order valence-electron chi connectivity index (χ3n) is 3.65. The Morgan fingerprint density at radius 2 is 1.30 bits per heavy atom. The van der Waals surface area contributed by atoms with Crippen molar-refractivity contribution >= 4 is 5.97 Å². The van der Waals surface area contributed by atoms with E-state index in [1.165, 1.54) is 11.1 Å². The lowest BCUT2D eigenvalue weighted by Gasteiger charge is -2.22. The van der Waals surface area contributed by atoms with Crippen molar-refractivity contribution < 1.29 is 19.4 Å². The smallest absolute Gasteiger partial charge is 0.329 e. The molecule has 0 fully saturated rings.